The molecular weight excluding hydrogens is 428 g/mol. The number of carbonyl (C=O) groups excluding carboxylic acids is 1. The molecule has 30 heavy (non-hydrogen) atoms. The lowest BCUT2D eigenvalue weighted by molar-refractivity contribution is -0.131. The highest BCUT2D eigenvalue weighted by atomic mass is 32.2. The number of likely N-dealkylation sites (N-methyl/N-ethyl adjacent to an activating group) is 2. The van der Waals surface area contributed by atoms with E-state index in [0.717, 1.165) is 0 Å². The number of carbonyl (C=O) groups is 1. The van der Waals surface area contributed by atoms with Crippen LogP contribution in [0, 0.1) is 0 Å². The minimum absolute atomic E-state index is 0.0352. The summed E-state index contributed by atoms with van der Waals surface area (Å²) in [4.78, 5) is 15.8. The van der Waals surface area contributed by atoms with Crippen LogP contribution in [0.3, 0.4) is 0 Å². The Kier molecular flexibility index (Phi) is 5.72. The van der Waals surface area contributed by atoms with Gasteiger partial charge in [0.2, 0.25) is 15.9 Å². The molecule has 3 rings (SSSR count). The van der Waals surface area contributed by atoms with Crippen LogP contribution in [0.2, 0.25) is 0 Å². The van der Waals surface area contributed by atoms with Crippen LogP contribution in [0.5, 0.6) is 0 Å². The van der Waals surface area contributed by atoms with Gasteiger partial charge in [-0.1, -0.05) is 24.3 Å². The summed E-state index contributed by atoms with van der Waals surface area (Å²) in [7, 11) is -4.46. The first-order chi connectivity index (χ1) is 13.9. The lowest BCUT2D eigenvalue weighted by Crippen LogP contribution is -2.40. The minimum atomic E-state index is -3.86. The van der Waals surface area contributed by atoms with E-state index in [0.29, 0.717) is 11.1 Å². The van der Waals surface area contributed by atoms with E-state index in [1.807, 2.05) is 0 Å². The lowest BCUT2D eigenvalue weighted by atomic mass is 10.1. The van der Waals surface area contributed by atoms with Crippen molar-refractivity contribution >= 4 is 31.8 Å². The molecule has 1 aliphatic rings. The largest absolute Gasteiger partial charge is 0.349 e. The Balaban J connectivity index is 1.78. The molecule has 0 spiro atoms. The van der Waals surface area contributed by atoms with Crippen molar-refractivity contribution in [2.24, 2.45) is 9.54 Å². The number of hydrogen-bond acceptors (Lipinski definition) is 6. The van der Waals surface area contributed by atoms with Gasteiger partial charge in [0.25, 0.3) is 10.0 Å². The first kappa shape index (κ1) is 21.9. The normalized spacial score (nSPS) is 15.8. The second-order valence-electron chi connectivity index (χ2n) is 7.04. The molecule has 0 aliphatic carbocycles. The predicted octanol–water partition coefficient (Wildman–Crippen LogP) is 0.934. The first-order valence-electron chi connectivity index (χ1n) is 8.96. The lowest BCUT2D eigenvalue weighted by Gasteiger charge is -2.28. The van der Waals surface area contributed by atoms with Crippen LogP contribution in [0.25, 0.3) is 0 Å². The third-order valence-corrected chi connectivity index (χ3v) is 7.23. The van der Waals surface area contributed by atoms with Crippen LogP contribution < -0.4 is 5.14 Å². The summed E-state index contributed by atoms with van der Waals surface area (Å²) < 4.78 is 51.4. The fourth-order valence-corrected chi connectivity index (χ4v) is 4.96. The van der Waals surface area contributed by atoms with Crippen LogP contribution >= 0.6 is 0 Å². The summed E-state index contributed by atoms with van der Waals surface area (Å²) in [5.41, 5.74) is 1.05. The van der Waals surface area contributed by atoms with Gasteiger partial charge in [-0.3, -0.25) is 4.79 Å². The number of amidine groups is 1. The van der Waals surface area contributed by atoms with E-state index in [2.05, 4.69) is 4.40 Å². The summed E-state index contributed by atoms with van der Waals surface area (Å²) in [5.74, 6) is -0.0910. The van der Waals surface area contributed by atoms with Gasteiger partial charge >= 0.3 is 0 Å². The van der Waals surface area contributed by atoms with Crippen molar-refractivity contribution in [1.29, 1.82) is 0 Å². The molecule has 0 radical (unpaired) electrons. The third-order valence-electron chi connectivity index (χ3n) is 4.99. The zero-order valence-electron chi connectivity index (χ0n) is 16.7. The van der Waals surface area contributed by atoms with Crippen LogP contribution in [0.1, 0.15) is 24.1 Å². The van der Waals surface area contributed by atoms with E-state index in [1.165, 1.54) is 28.0 Å². The number of rotatable bonds is 5. The Hall–Kier alpha value is -2.76. The van der Waals surface area contributed by atoms with Gasteiger partial charge in [-0.2, -0.15) is 8.42 Å². The second-order valence-corrected chi connectivity index (χ2v) is 10.2. The van der Waals surface area contributed by atoms with Crippen LogP contribution in [-0.2, 0) is 24.8 Å². The number of sulfonamides is 2. The maximum Gasteiger partial charge on any atom is 0.285 e. The summed E-state index contributed by atoms with van der Waals surface area (Å²) in [6.07, 6.45) is 0. The third kappa shape index (κ3) is 4.23. The van der Waals surface area contributed by atoms with Crippen molar-refractivity contribution in [2.45, 2.75) is 22.8 Å². The van der Waals surface area contributed by atoms with Crippen molar-refractivity contribution in [3.8, 4) is 0 Å². The Labute approximate surface area is 175 Å². The smallest absolute Gasteiger partial charge is 0.285 e. The van der Waals surface area contributed by atoms with Gasteiger partial charge in [0, 0.05) is 19.7 Å². The summed E-state index contributed by atoms with van der Waals surface area (Å²) in [5, 5.41) is 5.18. The van der Waals surface area contributed by atoms with E-state index < -0.39 is 26.1 Å². The predicted molar refractivity (Wildman–Crippen MR) is 112 cm³/mol. The molecule has 0 saturated carbocycles. The number of hydrogen-bond donors (Lipinski definition) is 1. The van der Waals surface area contributed by atoms with Crippen LogP contribution in [0.4, 0.5) is 0 Å². The number of fused-ring (bicyclic) bond motifs is 1. The maximum atomic E-state index is 12.8. The molecule has 2 aromatic rings. The molecule has 0 fully saturated rings. The highest BCUT2D eigenvalue weighted by Gasteiger charge is 2.31. The monoisotopic (exact) mass is 450 g/mol. The molecule has 1 amide bonds. The molecule has 9 nitrogen and oxygen atoms in total. The quantitative estimate of drug-likeness (QED) is 0.721. The van der Waals surface area contributed by atoms with Gasteiger partial charge in [-0.15, -0.1) is 4.40 Å². The Morgan fingerprint density at radius 2 is 1.80 bits per heavy atom. The molecule has 1 aliphatic heterocycles. The molecule has 2 aromatic carbocycles. The van der Waals surface area contributed by atoms with Gasteiger partial charge in [0.15, 0.2) is 5.84 Å². The minimum Gasteiger partial charge on any atom is -0.349 e. The van der Waals surface area contributed by atoms with E-state index in [-0.39, 0.29) is 28.1 Å². The molecule has 1 unspecified atom stereocenters. The van der Waals surface area contributed by atoms with Crippen LogP contribution in [-0.4, -0.2) is 59.0 Å². The standard InChI is InChI=1S/C19H22N4O5S2/c1-13(14-7-6-8-15(11-14)29(20,25)26)23(3)18(24)12-22(2)19-16-9-4-5-10-17(16)30(27,28)21-19/h4-11,13H,12H2,1-3H3,(H2,20,25,26). The average Bonchev–Trinajstić information content (AvgIpc) is 2.97. The van der Waals surface area contributed by atoms with Gasteiger partial charge in [-0.05, 0) is 36.8 Å². The highest BCUT2D eigenvalue weighted by Crippen LogP contribution is 2.27. The van der Waals surface area contributed by atoms with Crippen LogP contribution in [0.15, 0.2) is 62.7 Å². The van der Waals surface area contributed by atoms with E-state index in [9.17, 15) is 21.6 Å². The van der Waals surface area contributed by atoms with Gasteiger partial charge in [-0.25, -0.2) is 13.6 Å². The zero-order valence-corrected chi connectivity index (χ0v) is 18.3. The molecule has 160 valence electrons. The molecule has 1 atom stereocenters. The number of nitrogens with two attached hydrogens (primary N) is 1. The Morgan fingerprint density at radius 1 is 1.13 bits per heavy atom. The maximum absolute atomic E-state index is 12.8. The number of primary sulfonamides is 1. The van der Waals surface area contributed by atoms with E-state index in [4.69, 9.17) is 5.14 Å². The SMILES string of the molecule is CC(c1cccc(S(N)(=O)=O)c1)N(C)C(=O)CN(C)C1=NS(=O)(=O)c2ccccc21. The van der Waals surface area contributed by atoms with Crippen molar-refractivity contribution in [3.05, 3.63) is 59.7 Å². The Morgan fingerprint density at radius 3 is 2.47 bits per heavy atom. The average molecular weight is 451 g/mol. The topological polar surface area (TPSA) is 130 Å². The summed E-state index contributed by atoms with van der Waals surface area (Å²) >= 11 is 0. The highest BCUT2D eigenvalue weighted by molar-refractivity contribution is 7.90. The van der Waals surface area contributed by atoms with Gasteiger partial charge in [0.05, 0.1) is 17.5 Å². The van der Waals surface area contributed by atoms with Gasteiger partial charge in [0.1, 0.15) is 4.90 Å². The van der Waals surface area contributed by atoms with E-state index >= 15 is 0 Å². The van der Waals surface area contributed by atoms with Crippen molar-refractivity contribution in [1.82, 2.24) is 9.80 Å². The fraction of sp³-hybridized carbons (Fsp3) is 0.263. The van der Waals surface area contributed by atoms with Crippen molar-refractivity contribution < 1.29 is 21.6 Å². The van der Waals surface area contributed by atoms with Gasteiger partial charge < -0.3 is 9.80 Å². The summed E-state index contributed by atoms with van der Waals surface area (Å²) in [6, 6.07) is 12.1. The molecule has 11 heteroatoms. The zero-order chi connectivity index (χ0) is 22.3. The Bertz CT molecular complexity index is 1240. The van der Waals surface area contributed by atoms with Crippen molar-refractivity contribution in [2.75, 3.05) is 20.6 Å². The molecule has 0 bridgehead atoms. The molecule has 2 N–H and O–H groups in total. The van der Waals surface area contributed by atoms with E-state index in [1.54, 1.807) is 51.4 Å². The molecule has 0 saturated heterocycles. The number of amides is 1. The number of nitrogens with zero attached hydrogens (tertiary/aromatic N) is 3. The fourth-order valence-electron chi connectivity index (χ4n) is 3.14. The molecule has 0 aromatic heterocycles. The summed E-state index contributed by atoms with van der Waals surface area (Å²) in [6.45, 7) is 1.64. The second kappa shape index (κ2) is 7.82. The molecular formula is C19H22N4O5S2. The first-order valence-corrected chi connectivity index (χ1v) is 11.9. The number of benzene rings is 2. The van der Waals surface area contributed by atoms with Crippen molar-refractivity contribution in [3.63, 3.8) is 0 Å². The molecule has 1 heterocycles.